The lowest BCUT2D eigenvalue weighted by atomic mass is 9.59. The monoisotopic (exact) mass is 1210 g/mol. The van der Waals surface area contributed by atoms with Crippen LogP contribution in [0.2, 0.25) is 0 Å². The van der Waals surface area contributed by atoms with E-state index < -0.39 is 37.5 Å². The Morgan fingerprint density at radius 1 is 0.908 bits per heavy atom. The summed E-state index contributed by atoms with van der Waals surface area (Å²) in [4.78, 5) is 53.9. The Hall–Kier alpha value is -7.32. The first-order chi connectivity index (χ1) is 42.3. The highest BCUT2D eigenvalue weighted by molar-refractivity contribution is 7.90. The maximum Gasteiger partial charge on any atom is 0.297 e. The van der Waals surface area contributed by atoms with Crippen molar-refractivity contribution < 1.29 is 46.6 Å². The van der Waals surface area contributed by atoms with E-state index in [-0.39, 0.29) is 65.9 Å². The lowest BCUT2D eigenvalue weighted by Gasteiger charge is -2.58. The van der Waals surface area contributed by atoms with E-state index in [2.05, 4.69) is 81.7 Å². The van der Waals surface area contributed by atoms with Crippen LogP contribution >= 0.6 is 0 Å². The largest absolute Gasteiger partial charge is 0.493 e. The minimum atomic E-state index is -4.73. The number of morpholine rings is 2. The van der Waals surface area contributed by atoms with Crippen molar-refractivity contribution in [3.63, 3.8) is 0 Å². The summed E-state index contributed by atoms with van der Waals surface area (Å²) in [5, 5.41) is 16.8. The number of nitro benzene ring substituents is 1. The molecule has 87 heavy (non-hydrogen) atoms. The molecule has 8 aliphatic heterocycles. The summed E-state index contributed by atoms with van der Waals surface area (Å²) in [5.41, 5.74) is 6.40. The third-order valence-electron chi connectivity index (χ3n) is 20.0. The van der Waals surface area contributed by atoms with Crippen LogP contribution in [0.3, 0.4) is 0 Å². The molecule has 1 saturated carbocycles. The van der Waals surface area contributed by atoms with Gasteiger partial charge in [0.1, 0.15) is 24.0 Å². The number of aromatic nitrogens is 3. The molecule has 3 aromatic carbocycles. The molecule has 6 aromatic rings. The number of nitrogens with zero attached hydrogens (tertiary/aromatic N) is 9. The predicted molar refractivity (Wildman–Crippen MR) is 325 cm³/mol. The van der Waals surface area contributed by atoms with Crippen LogP contribution < -0.4 is 38.9 Å². The van der Waals surface area contributed by atoms with E-state index in [0.717, 1.165) is 125 Å². The van der Waals surface area contributed by atoms with Crippen LogP contribution in [-0.2, 0) is 30.8 Å². The van der Waals surface area contributed by atoms with Crippen LogP contribution in [0.15, 0.2) is 90.1 Å². The van der Waals surface area contributed by atoms with Gasteiger partial charge in [-0.15, -0.1) is 0 Å². The number of anilines is 5. The summed E-state index contributed by atoms with van der Waals surface area (Å²) < 4.78 is 67.3. The summed E-state index contributed by atoms with van der Waals surface area (Å²) in [6.45, 7) is 13.3. The van der Waals surface area contributed by atoms with E-state index in [4.69, 9.17) is 38.4 Å². The lowest BCUT2D eigenvalue weighted by molar-refractivity contribution is -0.384. The Bertz CT molecular complexity index is 3740. The van der Waals surface area contributed by atoms with Gasteiger partial charge >= 0.3 is 0 Å². The van der Waals surface area contributed by atoms with Crippen LogP contribution in [0.25, 0.3) is 11.0 Å². The van der Waals surface area contributed by atoms with Gasteiger partial charge in [0.2, 0.25) is 5.88 Å². The van der Waals surface area contributed by atoms with Gasteiger partial charge < -0.3 is 53.4 Å². The number of likely N-dealkylation sites (tertiary alicyclic amines) is 1. The average Bonchev–Trinajstić information content (AvgIpc) is 1.50. The summed E-state index contributed by atoms with van der Waals surface area (Å²) in [7, 11) is -3.00. The molecule has 1 amide bonds. The molecule has 458 valence electrons. The lowest BCUT2D eigenvalue weighted by Crippen LogP contribution is -2.59. The first kappa shape index (κ1) is 56.2. The number of amides is 1. The van der Waals surface area contributed by atoms with Gasteiger partial charge in [0.25, 0.3) is 21.6 Å². The highest BCUT2D eigenvalue weighted by atomic mass is 32.2. The minimum absolute atomic E-state index is 0.0203. The molecule has 3 N–H and O–H groups in total. The fraction of sp³-hybridized carbons (Fsp3) is 0.508. The number of carbonyl (C=O) groups is 1. The number of pyridine rings is 2. The number of sulfonamides is 1. The van der Waals surface area contributed by atoms with Crippen molar-refractivity contribution in [2.24, 2.45) is 5.41 Å². The number of H-pyrrole nitrogens is 1. The number of nitro groups is 1. The fourth-order valence-corrected chi connectivity index (χ4v) is 16.4. The number of ether oxygens (including phenoxy) is 6. The van der Waals surface area contributed by atoms with Gasteiger partial charge in [-0.25, -0.2) is 18.1 Å². The molecule has 1 aliphatic carbocycles. The normalized spacial score (nSPS) is 25.7. The van der Waals surface area contributed by atoms with Crippen molar-refractivity contribution in [1.82, 2.24) is 34.4 Å². The Labute approximate surface area is 505 Å². The van der Waals surface area contributed by atoms with E-state index in [1.807, 2.05) is 36.7 Å². The molecule has 9 aliphatic rings. The molecule has 6 saturated heterocycles. The molecular weight excluding hydrogens is 1130 g/mol. The van der Waals surface area contributed by atoms with Gasteiger partial charge in [0, 0.05) is 126 Å². The molecule has 15 rings (SSSR count). The maximum atomic E-state index is 15.0. The molecule has 23 nitrogen and oxygen atoms in total. The van der Waals surface area contributed by atoms with Crippen LogP contribution in [0, 0.1) is 22.5 Å². The number of hydrogen-bond donors (Lipinski definition) is 3. The zero-order valence-electron chi connectivity index (χ0n) is 49.1. The average molecular weight is 1210 g/mol. The van der Waals surface area contributed by atoms with E-state index in [0.29, 0.717) is 68.3 Å². The highest BCUT2D eigenvalue weighted by Crippen LogP contribution is 2.54. The summed E-state index contributed by atoms with van der Waals surface area (Å²) in [6, 6.07) is 23.1. The Morgan fingerprint density at radius 2 is 1.76 bits per heavy atom. The number of aryl methyl sites for hydroxylation is 1. The quantitative estimate of drug-likeness (QED) is 0.0753. The van der Waals surface area contributed by atoms with Crippen LogP contribution in [0.5, 0.6) is 17.4 Å². The molecule has 2 bridgehead atoms. The second-order valence-corrected chi connectivity index (χ2v) is 26.9. The molecule has 11 heterocycles. The number of carbonyl (C=O) groups excluding carboxylic acids is 1. The number of fused-ring (bicyclic) bond motifs is 6. The summed E-state index contributed by atoms with van der Waals surface area (Å²) in [6.07, 6.45) is 9.31. The minimum Gasteiger partial charge on any atom is -0.493 e. The fourth-order valence-electron chi connectivity index (χ4n) is 15.4. The Kier molecular flexibility index (Phi) is 14.7. The van der Waals surface area contributed by atoms with Gasteiger partial charge in [-0.2, -0.15) is 4.98 Å². The van der Waals surface area contributed by atoms with Gasteiger partial charge in [-0.3, -0.25) is 29.6 Å². The van der Waals surface area contributed by atoms with Crippen molar-refractivity contribution in [1.29, 1.82) is 0 Å². The van der Waals surface area contributed by atoms with Crippen molar-refractivity contribution >= 4 is 61.2 Å². The van der Waals surface area contributed by atoms with E-state index >= 15 is 0 Å². The highest BCUT2D eigenvalue weighted by Gasteiger charge is 2.51. The predicted octanol–water partition coefficient (Wildman–Crippen LogP) is 6.78. The molecule has 6 atom stereocenters. The molecule has 7 fully saturated rings. The van der Waals surface area contributed by atoms with Gasteiger partial charge in [0.05, 0.1) is 72.8 Å². The standard InChI is InChI=1S/C63H74N12O11S/c1-39-5-3-4-6-48(39)54-35-69(32-40-23-56(81-2)60(65-31-40)71-18-21-82-22-19-71)16-17-73(54)45-29-63(30-45)11-14-70(15-12-63)43-7-8-49(51(26-43)74-50-10-20-83-38-57(50)86-62-53(74)24-41-9-13-64-59(41)67-62)61(76)68-87(79,80)47-27-52(75(77)78)58-55(28-47)85-36-42(66-58)33-72-34-46-25-44(72)37-84-46/h3-9,13,23-24,26-28,31,42,44-46,50,54,57,66H,10-12,14-22,25,29-30,32-38H2,1-2H3,(H,64,67)(H,68,76)/t42-,44+,46+,50+,54+,57+/m1/s1. The zero-order valence-corrected chi connectivity index (χ0v) is 49.9. The SMILES string of the molecule is COc1cc(CN2CCN(C3CC4(CCN(c5ccc(C(=O)NS(=O)(=O)c6cc7c(c([N+](=O)[O-])c6)N[C@H](CN6C[C@@H]8C[C@H]6CO8)CO7)c(N6c7cc8cc[nH]c8nc7O[C@H]7COCC[C@@H]76)c5)CC4)C3)[C@H](c3ccccc3C)C2)cnc1N1CCOCC1. The van der Waals surface area contributed by atoms with Crippen molar-refractivity contribution in [2.75, 3.05) is 126 Å². The van der Waals surface area contributed by atoms with Crippen LogP contribution in [-0.4, -0.2) is 191 Å². The number of aromatic amines is 1. The van der Waals surface area contributed by atoms with Crippen LogP contribution in [0.4, 0.5) is 34.3 Å². The number of piperidine rings is 1. The second kappa shape index (κ2) is 22.7. The Balaban J connectivity index is 0.676. The number of nitrogens with one attached hydrogen (secondary N) is 3. The van der Waals surface area contributed by atoms with E-state index in [1.54, 1.807) is 13.2 Å². The third-order valence-corrected chi connectivity index (χ3v) is 21.3. The van der Waals surface area contributed by atoms with Crippen molar-refractivity contribution in [3.05, 3.63) is 118 Å². The molecule has 0 unspecified atom stereocenters. The molecule has 1 spiro atoms. The maximum absolute atomic E-state index is 15.0. The van der Waals surface area contributed by atoms with Crippen molar-refractivity contribution in [2.45, 2.75) is 99.3 Å². The first-order valence-electron chi connectivity index (χ1n) is 30.8. The number of piperazine rings is 1. The zero-order chi connectivity index (χ0) is 59.1. The number of rotatable bonds is 14. The number of methoxy groups -OCH3 is 1. The van der Waals surface area contributed by atoms with Crippen LogP contribution in [0.1, 0.15) is 71.6 Å². The molecule has 3 aromatic heterocycles. The smallest absolute Gasteiger partial charge is 0.297 e. The molecular formula is C63H74N12O11S. The molecule has 0 radical (unpaired) electrons. The van der Waals surface area contributed by atoms with Gasteiger partial charge in [0.15, 0.2) is 23.0 Å². The first-order valence-corrected chi connectivity index (χ1v) is 32.3. The second-order valence-electron chi connectivity index (χ2n) is 25.2. The van der Waals surface area contributed by atoms with E-state index in [9.17, 15) is 23.3 Å². The third kappa shape index (κ3) is 10.6. The van der Waals surface area contributed by atoms with Crippen molar-refractivity contribution in [3.8, 4) is 17.4 Å². The molecule has 24 heteroatoms. The summed E-state index contributed by atoms with van der Waals surface area (Å²) >= 11 is 0. The topological polar surface area (TPSA) is 235 Å². The van der Waals surface area contributed by atoms with Gasteiger partial charge in [-0.1, -0.05) is 24.3 Å². The number of benzene rings is 3. The number of hydrogen-bond acceptors (Lipinski definition) is 20. The van der Waals surface area contributed by atoms with E-state index in [1.165, 1.54) is 17.2 Å². The van der Waals surface area contributed by atoms with Gasteiger partial charge in [-0.05, 0) is 104 Å². The summed E-state index contributed by atoms with van der Waals surface area (Å²) in [5.74, 6) is 1.15. The Morgan fingerprint density at radius 3 is 2.55 bits per heavy atom.